The van der Waals surface area contributed by atoms with E-state index in [4.69, 9.17) is 0 Å². The van der Waals surface area contributed by atoms with E-state index in [1.807, 2.05) is 6.07 Å². The summed E-state index contributed by atoms with van der Waals surface area (Å²) in [6.07, 6.45) is 6.67. The van der Waals surface area contributed by atoms with Crippen LogP contribution in [0.25, 0.3) is 11.3 Å². The van der Waals surface area contributed by atoms with Gasteiger partial charge in [-0.1, -0.05) is 56.5 Å². The number of nitrogens with zero attached hydrogens (tertiary/aromatic N) is 3. The minimum absolute atomic E-state index is 0.0171. The van der Waals surface area contributed by atoms with Crippen molar-refractivity contribution in [2.24, 2.45) is 11.8 Å². The Hall–Kier alpha value is -2.17. The van der Waals surface area contributed by atoms with Gasteiger partial charge in [0.25, 0.3) is 0 Å². The van der Waals surface area contributed by atoms with Crippen molar-refractivity contribution >= 4 is 5.91 Å². The standard InChI is InChI=1S/C20H26N4O/c1-3-4-5-6-10-24-13-16-18(19(24)25)20(16,2)15-9-7-8-14(11-15)17-12-21-23-22-17/h7-9,11-12,16,18H,3-6,10,13H2,1-2H3,(H,21,22,23). The largest absolute Gasteiger partial charge is 0.342 e. The summed E-state index contributed by atoms with van der Waals surface area (Å²) in [5, 5.41) is 10.6. The van der Waals surface area contributed by atoms with Crippen LogP contribution in [-0.2, 0) is 10.2 Å². The Bertz CT molecular complexity index is 757. The normalized spacial score (nSPS) is 27.6. The molecule has 1 aliphatic heterocycles. The number of aromatic nitrogens is 3. The zero-order valence-electron chi connectivity index (χ0n) is 15.0. The van der Waals surface area contributed by atoms with E-state index in [0.717, 1.165) is 30.8 Å². The Labute approximate surface area is 148 Å². The highest BCUT2D eigenvalue weighted by atomic mass is 16.2. The number of nitrogens with one attached hydrogen (secondary N) is 1. The van der Waals surface area contributed by atoms with Gasteiger partial charge in [-0.3, -0.25) is 9.89 Å². The van der Waals surface area contributed by atoms with Crippen molar-refractivity contribution in [2.45, 2.75) is 44.9 Å². The van der Waals surface area contributed by atoms with Crippen LogP contribution in [0.5, 0.6) is 0 Å². The fourth-order valence-corrected chi connectivity index (χ4v) is 4.53. The number of hydrogen-bond donors (Lipinski definition) is 1. The fourth-order valence-electron chi connectivity index (χ4n) is 4.53. The quantitative estimate of drug-likeness (QED) is 0.787. The van der Waals surface area contributed by atoms with Crippen LogP contribution in [0.2, 0.25) is 0 Å². The van der Waals surface area contributed by atoms with Crippen molar-refractivity contribution in [3.8, 4) is 11.3 Å². The molecule has 1 aliphatic carbocycles. The second kappa shape index (κ2) is 6.28. The fraction of sp³-hybridized carbons (Fsp3) is 0.550. The van der Waals surface area contributed by atoms with Crippen LogP contribution in [0.4, 0.5) is 0 Å². The molecule has 1 saturated carbocycles. The van der Waals surface area contributed by atoms with Crippen LogP contribution in [0.3, 0.4) is 0 Å². The van der Waals surface area contributed by atoms with E-state index in [9.17, 15) is 4.79 Å². The lowest BCUT2D eigenvalue weighted by atomic mass is 9.90. The molecule has 5 nitrogen and oxygen atoms in total. The van der Waals surface area contributed by atoms with Gasteiger partial charge in [0.15, 0.2) is 0 Å². The number of hydrogen-bond acceptors (Lipinski definition) is 3. The Morgan fingerprint density at radius 3 is 2.88 bits per heavy atom. The number of unbranched alkanes of at least 4 members (excludes halogenated alkanes) is 3. The van der Waals surface area contributed by atoms with Crippen molar-refractivity contribution in [3.63, 3.8) is 0 Å². The molecule has 1 amide bonds. The van der Waals surface area contributed by atoms with Gasteiger partial charge in [-0.15, -0.1) is 5.10 Å². The lowest BCUT2D eigenvalue weighted by molar-refractivity contribution is -0.130. The summed E-state index contributed by atoms with van der Waals surface area (Å²) in [5.74, 6) is 0.973. The molecule has 132 valence electrons. The zero-order chi connectivity index (χ0) is 17.4. The van der Waals surface area contributed by atoms with Gasteiger partial charge in [0.2, 0.25) is 5.91 Å². The topological polar surface area (TPSA) is 61.9 Å². The van der Waals surface area contributed by atoms with Gasteiger partial charge in [0, 0.05) is 30.3 Å². The number of carbonyl (C=O) groups excluding carboxylic acids is 1. The number of fused-ring (bicyclic) bond motifs is 1. The molecule has 1 saturated heterocycles. The highest BCUT2D eigenvalue weighted by Gasteiger charge is 2.70. The summed E-state index contributed by atoms with van der Waals surface area (Å²) in [4.78, 5) is 14.9. The van der Waals surface area contributed by atoms with E-state index in [2.05, 4.69) is 52.4 Å². The van der Waals surface area contributed by atoms with Gasteiger partial charge >= 0.3 is 0 Å². The molecule has 0 spiro atoms. The smallest absolute Gasteiger partial charge is 0.226 e. The maximum atomic E-state index is 12.8. The number of likely N-dealkylation sites (tertiary alicyclic amines) is 1. The number of piperidine rings is 1. The van der Waals surface area contributed by atoms with Gasteiger partial charge in [0.1, 0.15) is 5.69 Å². The van der Waals surface area contributed by atoms with E-state index < -0.39 is 0 Å². The molecule has 2 aromatic rings. The average Bonchev–Trinajstić information content (AvgIpc) is 3.02. The molecule has 4 rings (SSSR count). The first-order chi connectivity index (χ1) is 12.2. The predicted octanol–water partition coefficient (Wildman–Crippen LogP) is 3.40. The molecular weight excluding hydrogens is 312 g/mol. The van der Waals surface area contributed by atoms with Crippen molar-refractivity contribution in [2.75, 3.05) is 13.1 Å². The van der Waals surface area contributed by atoms with E-state index in [-0.39, 0.29) is 11.3 Å². The first-order valence-corrected chi connectivity index (χ1v) is 9.42. The molecular formula is C20H26N4O. The lowest BCUT2D eigenvalue weighted by Gasteiger charge is -2.25. The average molecular weight is 338 g/mol. The van der Waals surface area contributed by atoms with Gasteiger partial charge in [-0.05, 0) is 24.0 Å². The van der Waals surface area contributed by atoms with Crippen molar-refractivity contribution in [1.82, 2.24) is 20.3 Å². The van der Waals surface area contributed by atoms with Gasteiger partial charge < -0.3 is 4.90 Å². The van der Waals surface area contributed by atoms with E-state index in [1.165, 1.54) is 24.8 Å². The molecule has 3 atom stereocenters. The Balaban J connectivity index is 1.46. The molecule has 1 N–H and O–H groups in total. The number of rotatable bonds is 7. The highest BCUT2D eigenvalue weighted by Crippen LogP contribution is 2.64. The monoisotopic (exact) mass is 338 g/mol. The number of benzene rings is 1. The highest BCUT2D eigenvalue weighted by molar-refractivity contribution is 5.88. The molecule has 0 radical (unpaired) electrons. The summed E-state index contributed by atoms with van der Waals surface area (Å²) < 4.78 is 0. The van der Waals surface area contributed by atoms with Crippen molar-refractivity contribution in [1.29, 1.82) is 0 Å². The predicted molar refractivity (Wildman–Crippen MR) is 96.9 cm³/mol. The Kier molecular flexibility index (Phi) is 4.10. The minimum Gasteiger partial charge on any atom is -0.342 e. The van der Waals surface area contributed by atoms with E-state index >= 15 is 0 Å². The maximum absolute atomic E-state index is 12.8. The summed E-state index contributed by atoms with van der Waals surface area (Å²) in [5.41, 5.74) is 3.14. The Morgan fingerprint density at radius 2 is 2.20 bits per heavy atom. The SMILES string of the molecule is CCCCCCN1CC2C(C1=O)C2(C)c1cccc(-c2c[nH]nn2)c1. The van der Waals surface area contributed by atoms with E-state index in [0.29, 0.717) is 11.8 Å². The van der Waals surface area contributed by atoms with Crippen LogP contribution in [0.15, 0.2) is 30.5 Å². The zero-order valence-corrected chi connectivity index (χ0v) is 15.0. The summed E-state index contributed by atoms with van der Waals surface area (Å²) in [7, 11) is 0. The van der Waals surface area contributed by atoms with Gasteiger partial charge in [0.05, 0.1) is 5.92 Å². The number of carbonyl (C=O) groups is 1. The summed E-state index contributed by atoms with van der Waals surface area (Å²) >= 11 is 0. The molecule has 0 bridgehead atoms. The Morgan fingerprint density at radius 1 is 1.32 bits per heavy atom. The summed E-state index contributed by atoms with van der Waals surface area (Å²) in [6.45, 7) is 6.31. The van der Waals surface area contributed by atoms with Crippen LogP contribution < -0.4 is 0 Å². The second-order valence-electron chi connectivity index (χ2n) is 7.65. The molecule has 3 unspecified atom stereocenters. The van der Waals surface area contributed by atoms with Crippen LogP contribution >= 0.6 is 0 Å². The van der Waals surface area contributed by atoms with Crippen molar-refractivity contribution in [3.05, 3.63) is 36.0 Å². The molecule has 2 heterocycles. The summed E-state index contributed by atoms with van der Waals surface area (Å²) in [6, 6.07) is 8.44. The second-order valence-corrected chi connectivity index (χ2v) is 7.65. The molecule has 2 aliphatic rings. The molecule has 2 fully saturated rings. The minimum atomic E-state index is -0.0171. The van der Waals surface area contributed by atoms with Crippen LogP contribution in [-0.4, -0.2) is 39.3 Å². The molecule has 25 heavy (non-hydrogen) atoms. The molecule has 5 heteroatoms. The maximum Gasteiger partial charge on any atom is 0.226 e. The third-order valence-electron chi connectivity index (χ3n) is 6.18. The van der Waals surface area contributed by atoms with E-state index in [1.54, 1.807) is 6.20 Å². The van der Waals surface area contributed by atoms with Gasteiger partial charge in [-0.2, -0.15) is 0 Å². The van der Waals surface area contributed by atoms with Gasteiger partial charge in [-0.25, -0.2) is 0 Å². The van der Waals surface area contributed by atoms with Crippen LogP contribution in [0, 0.1) is 11.8 Å². The molecule has 1 aromatic heterocycles. The number of aromatic amines is 1. The first kappa shape index (κ1) is 16.3. The third-order valence-corrected chi connectivity index (χ3v) is 6.18. The number of H-pyrrole nitrogens is 1. The molecule has 1 aromatic carbocycles. The third kappa shape index (κ3) is 2.66. The van der Waals surface area contributed by atoms with Crippen LogP contribution in [0.1, 0.15) is 45.1 Å². The van der Waals surface area contributed by atoms with Crippen molar-refractivity contribution < 1.29 is 4.79 Å². The first-order valence-electron chi connectivity index (χ1n) is 9.42. The lowest BCUT2D eigenvalue weighted by Crippen LogP contribution is -2.34. The number of amides is 1.